The van der Waals surface area contributed by atoms with Crippen LogP contribution in [0, 0.1) is 31.9 Å². The normalized spacial score (nSPS) is 13.3. The van der Waals surface area contributed by atoms with E-state index in [0.717, 1.165) is 43.9 Å². The number of hydrogen-bond donors (Lipinski definition) is 2. The van der Waals surface area contributed by atoms with Crippen LogP contribution in [0.3, 0.4) is 0 Å². The zero-order valence-corrected chi connectivity index (χ0v) is 19.8. The molecule has 2 saturated carbocycles. The molecular formula is C22H30BBrF2N2O8. The zero-order chi connectivity index (χ0) is 25.6. The molecule has 0 aromatic heterocycles. The minimum Gasteiger partial charge on any atom is -0.493 e. The lowest BCUT2D eigenvalue weighted by Crippen LogP contribution is -2.09. The van der Waals surface area contributed by atoms with E-state index in [2.05, 4.69) is 20.7 Å². The first kappa shape index (κ1) is 33.2. The van der Waals surface area contributed by atoms with E-state index >= 15 is 0 Å². The van der Waals surface area contributed by atoms with E-state index in [-0.39, 0.29) is 53.9 Å². The second kappa shape index (κ2) is 14.7. The Hall–Kier alpha value is -2.84. The van der Waals surface area contributed by atoms with Gasteiger partial charge in [-0.05, 0) is 52.6 Å². The van der Waals surface area contributed by atoms with Gasteiger partial charge < -0.3 is 19.5 Å². The van der Waals surface area contributed by atoms with E-state index in [1.807, 2.05) is 0 Å². The van der Waals surface area contributed by atoms with Crippen LogP contribution in [0.4, 0.5) is 20.2 Å². The highest BCUT2D eigenvalue weighted by Gasteiger charge is 2.33. The van der Waals surface area contributed by atoms with Crippen molar-refractivity contribution in [2.75, 3.05) is 14.2 Å². The molecule has 0 unspecified atom stereocenters. The highest BCUT2D eigenvalue weighted by atomic mass is 79.9. The Bertz CT molecular complexity index is 1050. The largest absolute Gasteiger partial charge is 0.493 e. The molecule has 0 spiro atoms. The first-order chi connectivity index (χ1) is 16.0. The van der Waals surface area contributed by atoms with Crippen LogP contribution >= 0.6 is 15.9 Å². The van der Waals surface area contributed by atoms with Crippen molar-refractivity contribution in [1.29, 1.82) is 0 Å². The van der Waals surface area contributed by atoms with Crippen molar-refractivity contribution < 1.29 is 38.1 Å². The Morgan fingerprint density at radius 1 is 0.889 bits per heavy atom. The van der Waals surface area contributed by atoms with Gasteiger partial charge in [-0.25, -0.2) is 8.78 Å². The number of benzene rings is 2. The maximum atomic E-state index is 13.3. The summed E-state index contributed by atoms with van der Waals surface area (Å²) < 4.78 is 35.6. The third-order valence-corrected chi connectivity index (χ3v) is 5.61. The number of hydrogen-bond acceptors (Lipinski definition) is 8. The third-order valence-electron chi connectivity index (χ3n) is 4.98. The van der Waals surface area contributed by atoms with Crippen LogP contribution in [0.1, 0.15) is 52.0 Å². The van der Waals surface area contributed by atoms with E-state index in [0.29, 0.717) is 5.56 Å². The van der Waals surface area contributed by atoms with Gasteiger partial charge in [0.1, 0.15) is 0 Å². The van der Waals surface area contributed by atoms with E-state index in [1.165, 1.54) is 20.3 Å². The molecular weight excluding hydrogens is 549 g/mol. The SMILES string of the molecule is C.C.COc1cc([N+](=O)[O-])c(Br)cc1F.COc1cc([N+](=O)[O-])c(C2CC2)cc1F.OB(O)C1CC1. The van der Waals surface area contributed by atoms with Crippen molar-refractivity contribution in [3.8, 4) is 11.5 Å². The smallest absolute Gasteiger partial charge is 0.454 e. The monoisotopic (exact) mass is 578 g/mol. The second-order valence-corrected chi connectivity index (χ2v) is 8.38. The second-order valence-electron chi connectivity index (χ2n) is 7.52. The molecule has 4 rings (SSSR count). The summed E-state index contributed by atoms with van der Waals surface area (Å²) in [6.07, 6.45) is 3.79. The molecule has 2 N–H and O–H groups in total. The molecule has 14 heteroatoms. The molecule has 36 heavy (non-hydrogen) atoms. The molecule has 2 aliphatic carbocycles. The molecule has 0 aliphatic heterocycles. The zero-order valence-electron chi connectivity index (χ0n) is 18.2. The lowest BCUT2D eigenvalue weighted by Gasteiger charge is -2.05. The molecule has 2 aromatic carbocycles. The Morgan fingerprint density at radius 3 is 1.67 bits per heavy atom. The predicted molar refractivity (Wildman–Crippen MR) is 136 cm³/mol. The highest BCUT2D eigenvalue weighted by Crippen LogP contribution is 2.45. The minimum atomic E-state index is -1.04. The summed E-state index contributed by atoms with van der Waals surface area (Å²) in [6, 6.07) is 4.40. The van der Waals surface area contributed by atoms with Crippen molar-refractivity contribution in [3.05, 3.63) is 66.2 Å². The fourth-order valence-corrected chi connectivity index (χ4v) is 3.26. The summed E-state index contributed by atoms with van der Waals surface area (Å²) in [5.74, 6) is -1.04. The van der Waals surface area contributed by atoms with Crippen LogP contribution in [0.25, 0.3) is 0 Å². The molecule has 2 fully saturated rings. The van der Waals surface area contributed by atoms with Gasteiger partial charge in [-0.2, -0.15) is 0 Å². The first-order valence-corrected chi connectivity index (χ1v) is 10.8. The van der Waals surface area contributed by atoms with Crippen molar-refractivity contribution in [1.82, 2.24) is 0 Å². The maximum Gasteiger partial charge on any atom is 0.454 e. The van der Waals surface area contributed by atoms with Crippen LogP contribution in [0.15, 0.2) is 28.7 Å². The van der Waals surface area contributed by atoms with Crippen LogP contribution in [-0.4, -0.2) is 41.2 Å². The average Bonchev–Trinajstić information content (AvgIpc) is 3.66. The van der Waals surface area contributed by atoms with Gasteiger partial charge in [0.2, 0.25) is 0 Å². The van der Waals surface area contributed by atoms with E-state index in [4.69, 9.17) is 14.8 Å². The van der Waals surface area contributed by atoms with Gasteiger partial charge in [0.05, 0.1) is 40.7 Å². The average molecular weight is 579 g/mol. The molecule has 0 amide bonds. The lowest BCUT2D eigenvalue weighted by molar-refractivity contribution is -0.385. The third kappa shape index (κ3) is 9.32. The van der Waals surface area contributed by atoms with Crippen LogP contribution in [0.5, 0.6) is 11.5 Å². The van der Waals surface area contributed by atoms with Crippen LogP contribution in [0.2, 0.25) is 5.82 Å². The Labute approximate surface area is 216 Å². The molecule has 0 radical (unpaired) electrons. The standard InChI is InChI=1S/C10H10FNO3.C7H5BrFNO3.C3H7BO2.2CH4/c1-15-10-5-9(12(13)14)7(4-8(10)11)6-2-3-6;1-13-7-3-6(10(11)12)4(8)2-5(7)9;5-4(6)3-1-2-3;;/h4-6H,2-3H2,1H3;2-3H,1H3;3,5-6H,1-2H2;2*1H4. The number of methoxy groups -OCH3 is 2. The van der Waals surface area contributed by atoms with Crippen LogP contribution < -0.4 is 9.47 Å². The molecule has 10 nitrogen and oxygen atoms in total. The van der Waals surface area contributed by atoms with Gasteiger partial charge in [0.25, 0.3) is 11.4 Å². The summed E-state index contributed by atoms with van der Waals surface area (Å²) >= 11 is 2.87. The fourth-order valence-electron chi connectivity index (χ4n) is 2.80. The van der Waals surface area contributed by atoms with Gasteiger partial charge >= 0.3 is 7.12 Å². The topological polar surface area (TPSA) is 145 Å². The van der Waals surface area contributed by atoms with Gasteiger partial charge in [-0.15, -0.1) is 0 Å². The van der Waals surface area contributed by atoms with Crippen LogP contribution in [-0.2, 0) is 0 Å². The summed E-state index contributed by atoms with van der Waals surface area (Å²) in [4.78, 5) is 20.1. The maximum absolute atomic E-state index is 13.3. The van der Waals surface area contributed by atoms with E-state index in [1.54, 1.807) is 0 Å². The Kier molecular flexibility index (Phi) is 13.5. The number of rotatable bonds is 6. The Balaban J connectivity index is 0.000000534. The Morgan fingerprint density at radius 2 is 1.33 bits per heavy atom. The van der Waals surface area contributed by atoms with Crippen molar-refractivity contribution in [2.24, 2.45) is 0 Å². The quantitative estimate of drug-likeness (QED) is 0.240. The fraction of sp³-hybridized carbons (Fsp3) is 0.455. The van der Waals surface area contributed by atoms with E-state index < -0.39 is 28.6 Å². The highest BCUT2D eigenvalue weighted by molar-refractivity contribution is 9.10. The summed E-state index contributed by atoms with van der Waals surface area (Å²) in [6.45, 7) is 0. The van der Waals surface area contributed by atoms with Gasteiger partial charge in [0.15, 0.2) is 23.1 Å². The molecule has 2 aromatic rings. The van der Waals surface area contributed by atoms with Crippen molar-refractivity contribution in [3.63, 3.8) is 0 Å². The molecule has 2 aliphatic rings. The molecule has 0 saturated heterocycles. The first-order valence-electron chi connectivity index (χ1n) is 10.1. The number of ether oxygens (including phenoxy) is 2. The molecule has 0 bridgehead atoms. The predicted octanol–water partition coefficient (Wildman–Crippen LogP) is 6.02. The number of nitrogens with zero attached hydrogens (tertiary/aromatic N) is 2. The van der Waals surface area contributed by atoms with Crippen molar-refractivity contribution in [2.45, 2.75) is 52.3 Å². The van der Waals surface area contributed by atoms with Gasteiger partial charge in [-0.3, -0.25) is 20.2 Å². The van der Waals surface area contributed by atoms with Gasteiger partial charge in [-0.1, -0.05) is 27.7 Å². The minimum absolute atomic E-state index is 0. The van der Waals surface area contributed by atoms with Gasteiger partial charge in [0, 0.05) is 5.56 Å². The van der Waals surface area contributed by atoms with E-state index in [9.17, 15) is 29.0 Å². The summed E-state index contributed by atoms with van der Waals surface area (Å²) in [7, 11) is 1.50. The lowest BCUT2D eigenvalue weighted by atomic mass is 9.84. The number of nitro benzene ring substituents is 2. The van der Waals surface area contributed by atoms with Crippen molar-refractivity contribution >= 4 is 34.4 Å². The summed E-state index contributed by atoms with van der Waals surface area (Å²) in [5.41, 5.74) is 0.215. The molecule has 0 heterocycles. The number of nitro groups is 2. The molecule has 200 valence electrons. The number of halogens is 3. The molecule has 0 atom stereocenters. The summed E-state index contributed by atoms with van der Waals surface area (Å²) in [5, 5.41) is 37.7.